The molecule has 0 fully saturated rings. The van der Waals surface area contributed by atoms with Gasteiger partial charge in [-0.25, -0.2) is 4.98 Å². The van der Waals surface area contributed by atoms with E-state index in [0.717, 1.165) is 38.6 Å². The summed E-state index contributed by atoms with van der Waals surface area (Å²) in [5, 5.41) is 5.10. The number of nitrogens with zero attached hydrogens (tertiary/aromatic N) is 3. The minimum Gasteiger partial charge on any atom is -0.267 e. The number of thiophene rings is 1. The summed E-state index contributed by atoms with van der Waals surface area (Å²) in [6.07, 6.45) is 7.66. The molecule has 0 amide bonds. The van der Waals surface area contributed by atoms with E-state index in [0.29, 0.717) is 0 Å². The van der Waals surface area contributed by atoms with E-state index in [1.165, 1.54) is 27.9 Å². The zero-order valence-electron chi connectivity index (χ0n) is 12.3. The molecule has 0 atom stereocenters. The first-order chi connectivity index (χ1) is 11.2. The van der Waals surface area contributed by atoms with Crippen LogP contribution >= 0.6 is 33.9 Å². The van der Waals surface area contributed by atoms with Gasteiger partial charge in [0.05, 0.1) is 11.6 Å². The molecule has 0 saturated carbocycles. The number of fused-ring (bicyclic) bond motifs is 3. The van der Waals surface area contributed by atoms with Crippen molar-refractivity contribution >= 4 is 50.4 Å². The predicted molar refractivity (Wildman–Crippen MR) is 103 cm³/mol. The third-order valence-corrected chi connectivity index (χ3v) is 6.27. The summed E-state index contributed by atoms with van der Waals surface area (Å²) in [5.41, 5.74) is 2.14. The van der Waals surface area contributed by atoms with Gasteiger partial charge in [-0.2, -0.15) is 9.78 Å². The van der Waals surface area contributed by atoms with Crippen LogP contribution in [0.25, 0.3) is 10.2 Å². The van der Waals surface area contributed by atoms with Gasteiger partial charge in [0, 0.05) is 14.0 Å². The van der Waals surface area contributed by atoms with Crippen molar-refractivity contribution in [3.8, 4) is 0 Å². The van der Waals surface area contributed by atoms with E-state index in [1.807, 2.05) is 24.3 Å². The topological polar surface area (TPSA) is 47.2 Å². The fourth-order valence-corrected chi connectivity index (χ4v) is 4.67. The van der Waals surface area contributed by atoms with Gasteiger partial charge >= 0.3 is 0 Å². The van der Waals surface area contributed by atoms with Gasteiger partial charge in [0.15, 0.2) is 0 Å². The smallest absolute Gasteiger partial charge is 0.267 e. The van der Waals surface area contributed by atoms with Crippen LogP contribution in [0.15, 0.2) is 40.5 Å². The quantitative estimate of drug-likeness (QED) is 0.454. The Hall–Kier alpha value is -1.54. The predicted octanol–water partition coefficient (Wildman–Crippen LogP) is 3.82. The lowest BCUT2D eigenvalue weighted by Crippen LogP contribution is -2.18. The lowest BCUT2D eigenvalue weighted by Gasteiger charge is -2.09. The molecule has 3 aromatic rings. The highest BCUT2D eigenvalue weighted by atomic mass is 127. The molecule has 2 heterocycles. The molecule has 0 bridgehead atoms. The van der Waals surface area contributed by atoms with E-state index in [1.54, 1.807) is 17.6 Å². The van der Waals surface area contributed by atoms with E-state index < -0.39 is 0 Å². The van der Waals surface area contributed by atoms with Crippen LogP contribution in [0.4, 0.5) is 0 Å². The highest BCUT2D eigenvalue weighted by Crippen LogP contribution is 2.33. The fraction of sp³-hybridized carbons (Fsp3) is 0.235. The van der Waals surface area contributed by atoms with Gasteiger partial charge in [0.1, 0.15) is 11.2 Å². The van der Waals surface area contributed by atoms with Crippen molar-refractivity contribution in [2.75, 3.05) is 0 Å². The summed E-state index contributed by atoms with van der Waals surface area (Å²) in [7, 11) is 0. The Bertz CT molecular complexity index is 974. The van der Waals surface area contributed by atoms with Gasteiger partial charge < -0.3 is 0 Å². The number of aromatic nitrogens is 2. The largest absolute Gasteiger partial charge is 0.282 e. The summed E-state index contributed by atoms with van der Waals surface area (Å²) in [6, 6.07) is 7.94. The van der Waals surface area contributed by atoms with Crippen LogP contribution in [0, 0.1) is 3.57 Å². The highest BCUT2D eigenvalue weighted by molar-refractivity contribution is 14.1. The number of benzene rings is 1. The second-order valence-electron chi connectivity index (χ2n) is 5.55. The Labute approximate surface area is 151 Å². The van der Waals surface area contributed by atoms with Gasteiger partial charge in [0.25, 0.3) is 5.56 Å². The Morgan fingerprint density at radius 2 is 2.09 bits per heavy atom. The van der Waals surface area contributed by atoms with E-state index in [4.69, 9.17) is 0 Å². The molecule has 0 spiro atoms. The normalized spacial score (nSPS) is 14.5. The van der Waals surface area contributed by atoms with Crippen molar-refractivity contribution in [3.05, 3.63) is 60.5 Å². The highest BCUT2D eigenvalue weighted by Gasteiger charge is 2.19. The first-order valence-electron chi connectivity index (χ1n) is 7.55. The molecule has 4 nitrogen and oxygen atoms in total. The zero-order chi connectivity index (χ0) is 15.8. The van der Waals surface area contributed by atoms with Crippen LogP contribution in [-0.2, 0) is 12.8 Å². The van der Waals surface area contributed by atoms with Gasteiger partial charge in [-0.05, 0) is 59.9 Å². The molecule has 1 aromatic carbocycles. The number of hydrogen-bond donors (Lipinski definition) is 0. The molecule has 2 aromatic heterocycles. The maximum Gasteiger partial charge on any atom is 0.282 e. The molecule has 0 unspecified atom stereocenters. The molecular weight excluding hydrogens is 421 g/mol. The molecule has 0 radical (unpaired) electrons. The summed E-state index contributed by atoms with van der Waals surface area (Å²) >= 11 is 3.92. The SMILES string of the molecule is O=c1c2c3c(sc2ncn1/N=C/c1ccccc1I)CCCC3. The minimum atomic E-state index is -0.0587. The molecule has 6 heteroatoms. The first-order valence-corrected chi connectivity index (χ1v) is 9.44. The van der Waals surface area contributed by atoms with E-state index >= 15 is 0 Å². The average molecular weight is 435 g/mol. The maximum absolute atomic E-state index is 12.8. The third-order valence-electron chi connectivity index (χ3n) is 4.09. The lowest BCUT2D eigenvalue weighted by molar-refractivity contribution is 0.699. The molecule has 0 aliphatic heterocycles. The van der Waals surface area contributed by atoms with E-state index in [2.05, 4.69) is 32.7 Å². The van der Waals surface area contributed by atoms with Crippen LogP contribution in [0.2, 0.25) is 0 Å². The minimum absolute atomic E-state index is 0.0587. The number of rotatable bonds is 2. The summed E-state index contributed by atoms with van der Waals surface area (Å²) in [4.78, 5) is 19.4. The Balaban J connectivity index is 1.81. The van der Waals surface area contributed by atoms with Crippen LogP contribution in [0.1, 0.15) is 28.8 Å². The molecule has 1 aliphatic rings. The molecular formula is C17H14IN3OS. The van der Waals surface area contributed by atoms with Crippen molar-refractivity contribution in [1.82, 2.24) is 9.66 Å². The molecule has 116 valence electrons. The second-order valence-corrected chi connectivity index (χ2v) is 7.80. The monoisotopic (exact) mass is 435 g/mol. The second kappa shape index (κ2) is 6.16. The van der Waals surface area contributed by atoms with E-state index in [9.17, 15) is 4.79 Å². The molecule has 0 saturated heterocycles. The van der Waals surface area contributed by atoms with Crippen molar-refractivity contribution in [1.29, 1.82) is 0 Å². The summed E-state index contributed by atoms with van der Waals surface area (Å²) in [5.74, 6) is 0. The van der Waals surface area contributed by atoms with Crippen LogP contribution in [-0.4, -0.2) is 15.9 Å². The van der Waals surface area contributed by atoms with Crippen LogP contribution in [0.3, 0.4) is 0 Å². The lowest BCUT2D eigenvalue weighted by atomic mass is 9.97. The average Bonchev–Trinajstić information content (AvgIpc) is 2.95. The zero-order valence-corrected chi connectivity index (χ0v) is 15.3. The van der Waals surface area contributed by atoms with E-state index in [-0.39, 0.29) is 5.56 Å². The number of aryl methyl sites for hydroxylation is 2. The summed E-state index contributed by atoms with van der Waals surface area (Å²) < 4.78 is 2.45. The van der Waals surface area contributed by atoms with Crippen molar-refractivity contribution in [2.24, 2.45) is 5.10 Å². The third kappa shape index (κ3) is 2.74. The fourth-order valence-electron chi connectivity index (χ4n) is 2.92. The molecule has 0 N–H and O–H groups in total. The van der Waals surface area contributed by atoms with Gasteiger partial charge in [-0.1, -0.05) is 18.2 Å². The van der Waals surface area contributed by atoms with Crippen molar-refractivity contribution in [2.45, 2.75) is 25.7 Å². The van der Waals surface area contributed by atoms with Gasteiger partial charge in [-0.15, -0.1) is 11.3 Å². The number of hydrogen-bond acceptors (Lipinski definition) is 4. The van der Waals surface area contributed by atoms with Gasteiger partial charge in [-0.3, -0.25) is 4.79 Å². The Kier molecular flexibility index (Phi) is 4.02. The summed E-state index contributed by atoms with van der Waals surface area (Å²) in [6.45, 7) is 0. The Morgan fingerprint density at radius 3 is 2.96 bits per heavy atom. The van der Waals surface area contributed by atoms with Crippen LogP contribution < -0.4 is 5.56 Å². The van der Waals surface area contributed by atoms with Crippen LogP contribution in [0.5, 0.6) is 0 Å². The molecule has 1 aliphatic carbocycles. The van der Waals surface area contributed by atoms with Crippen molar-refractivity contribution < 1.29 is 0 Å². The van der Waals surface area contributed by atoms with Gasteiger partial charge in [0.2, 0.25) is 0 Å². The van der Waals surface area contributed by atoms with Crippen molar-refractivity contribution in [3.63, 3.8) is 0 Å². The number of halogens is 1. The molecule has 23 heavy (non-hydrogen) atoms. The standard InChI is InChI=1S/C17H14IN3OS/c18-13-7-3-1-5-11(13)9-20-21-10-19-16-15(17(21)22)12-6-2-4-8-14(12)23-16/h1,3,5,7,9-10H,2,4,6,8H2/b20-9+. The molecule has 4 rings (SSSR count). The maximum atomic E-state index is 12.8. The Morgan fingerprint density at radius 1 is 1.26 bits per heavy atom. The first kappa shape index (κ1) is 15.0.